The number of fused-ring (bicyclic) bond motifs is 2. The molecule has 0 radical (unpaired) electrons. The lowest BCUT2D eigenvalue weighted by atomic mass is 9.79. The molecule has 0 spiro atoms. The molecule has 2 aromatic rings. The molecule has 18 heavy (non-hydrogen) atoms. The Bertz CT molecular complexity index is 602. The van der Waals surface area contributed by atoms with Crippen LogP contribution in [0.3, 0.4) is 0 Å². The Morgan fingerprint density at radius 3 is 2.67 bits per heavy atom. The molecule has 0 saturated heterocycles. The van der Waals surface area contributed by atoms with Gasteiger partial charge < -0.3 is 5.32 Å². The summed E-state index contributed by atoms with van der Waals surface area (Å²) in [4.78, 5) is 0. The first-order valence-electron chi connectivity index (χ1n) is 6.21. The maximum Gasteiger partial charge on any atom is 0.0432 e. The van der Waals surface area contributed by atoms with Crippen molar-refractivity contribution in [1.82, 2.24) is 0 Å². The molecular formula is C16H16ClN. The molecule has 0 bridgehead atoms. The van der Waals surface area contributed by atoms with E-state index in [2.05, 4.69) is 49.5 Å². The third kappa shape index (κ3) is 1.89. The van der Waals surface area contributed by atoms with E-state index in [1.54, 1.807) is 0 Å². The number of para-hydroxylation sites is 1. The molecule has 1 nitrogen and oxygen atoms in total. The van der Waals surface area contributed by atoms with E-state index in [1.807, 2.05) is 12.1 Å². The van der Waals surface area contributed by atoms with Gasteiger partial charge in [0.15, 0.2) is 0 Å². The molecule has 1 aliphatic heterocycles. The molecule has 92 valence electrons. The molecule has 2 aromatic carbocycles. The minimum Gasteiger partial charge on any atom is -0.355 e. The van der Waals surface area contributed by atoms with E-state index in [0.29, 0.717) is 0 Å². The summed E-state index contributed by atoms with van der Waals surface area (Å²) in [5.41, 5.74) is 5.12. The highest BCUT2D eigenvalue weighted by Crippen LogP contribution is 2.40. The van der Waals surface area contributed by atoms with Crippen LogP contribution in [0.4, 0.5) is 11.4 Å². The number of rotatable bonds is 0. The number of nitrogens with one attached hydrogen (secondary N) is 1. The van der Waals surface area contributed by atoms with Gasteiger partial charge in [-0.15, -0.1) is 0 Å². The predicted octanol–water partition coefficient (Wildman–Crippen LogP) is 4.92. The summed E-state index contributed by atoms with van der Waals surface area (Å²) < 4.78 is 0. The third-order valence-corrected chi connectivity index (χ3v) is 3.86. The summed E-state index contributed by atoms with van der Waals surface area (Å²) in [6, 6.07) is 14.6. The van der Waals surface area contributed by atoms with Gasteiger partial charge in [0.25, 0.3) is 0 Å². The average molecular weight is 258 g/mol. The van der Waals surface area contributed by atoms with Crippen LogP contribution in [0.15, 0.2) is 42.5 Å². The van der Waals surface area contributed by atoms with Crippen LogP contribution in [0, 0.1) is 0 Å². The summed E-state index contributed by atoms with van der Waals surface area (Å²) in [6.07, 6.45) is 1.02. The second-order valence-electron chi connectivity index (χ2n) is 5.53. The SMILES string of the molecule is CC1(C)Cc2ccc(Cl)cc2Nc2ccccc21. The lowest BCUT2D eigenvalue weighted by Gasteiger charge is -2.25. The van der Waals surface area contributed by atoms with E-state index >= 15 is 0 Å². The molecule has 0 atom stereocenters. The Morgan fingerprint density at radius 2 is 1.83 bits per heavy atom. The van der Waals surface area contributed by atoms with Crippen LogP contribution in [0.25, 0.3) is 0 Å². The Morgan fingerprint density at radius 1 is 1.06 bits per heavy atom. The molecular weight excluding hydrogens is 242 g/mol. The van der Waals surface area contributed by atoms with Crippen molar-refractivity contribution in [2.45, 2.75) is 25.7 Å². The number of anilines is 2. The fourth-order valence-corrected chi connectivity index (χ4v) is 2.89. The molecule has 2 heteroatoms. The molecule has 0 amide bonds. The van der Waals surface area contributed by atoms with E-state index in [4.69, 9.17) is 11.6 Å². The zero-order chi connectivity index (χ0) is 12.8. The third-order valence-electron chi connectivity index (χ3n) is 3.63. The molecule has 1 aliphatic rings. The fraction of sp³-hybridized carbons (Fsp3) is 0.250. The van der Waals surface area contributed by atoms with Gasteiger partial charge in [-0.2, -0.15) is 0 Å². The Labute approximate surface area is 113 Å². The normalized spacial score (nSPS) is 16.2. The van der Waals surface area contributed by atoms with E-state index < -0.39 is 0 Å². The molecule has 1 heterocycles. The second-order valence-corrected chi connectivity index (χ2v) is 5.97. The number of benzene rings is 2. The zero-order valence-electron chi connectivity index (χ0n) is 10.6. The second kappa shape index (κ2) is 4.03. The first-order valence-corrected chi connectivity index (χ1v) is 6.59. The monoisotopic (exact) mass is 257 g/mol. The summed E-state index contributed by atoms with van der Waals surface area (Å²) in [6.45, 7) is 4.58. The van der Waals surface area contributed by atoms with Crippen LogP contribution in [-0.2, 0) is 11.8 Å². The number of hydrogen-bond donors (Lipinski definition) is 1. The average Bonchev–Trinajstić information content (AvgIpc) is 2.43. The lowest BCUT2D eigenvalue weighted by molar-refractivity contribution is 0.528. The summed E-state index contributed by atoms with van der Waals surface area (Å²) in [7, 11) is 0. The molecule has 0 aliphatic carbocycles. The Kier molecular flexibility index (Phi) is 2.60. The Hall–Kier alpha value is -1.47. The summed E-state index contributed by atoms with van der Waals surface area (Å²) in [5, 5.41) is 4.29. The van der Waals surface area contributed by atoms with Crippen LogP contribution in [0.5, 0.6) is 0 Å². The van der Waals surface area contributed by atoms with Crippen molar-refractivity contribution in [3.05, 3.63) is 58.6 Å². The highest BCUT2D eigenvalue weighted by atomic mass is 35.5. The van der Waals surface area contributed by atoms with Gasteiger partial charge in [0.05, 0.1) is 0 Å². The van der Waals surface area contributed by atoms with Crippen LogP contribution < -0.4 is 5.32 Å². The maximum absolute atomic E-state index is 6.09. The lowest BCUT2D eigenvalue weighted by Crippen LogP contribution is -2.19. The molecule has 3 rings (SSSR count). The number of halogens is 1. The largest absolute Gasteiger partial charge is 0.355 e. The smallest absolute Gasteiger partial charge is 0.0432 e. The fourth-order valence-electron chi connectivity index (χ4n) is 2.72. The van der Waals surface area contributed by atoms with E-state index in [-0.39, 0.29) is 5.41 Å². The predicted molar refractivity (Wildman–Crippen MR) is 77.9 cm³/mol. The van der Waals surface area contributed by atoms with Gasteiger partial charge in [-0.3, -0.25) is 0 Å². The van der Waals surface area contributed by atoms with Gasteiger partial charge in [-0.25, -0.2) is 0 Å². The van der Waals surface area contributed by atoms with Crippen molar-refractivity contribution in [2.75, 3.05) is 5.32 Å². The highest BCUT2D eigenvalue weighted by molar-refractivity contribution is 6.30. The van der Waals surface area contributed by atoms with Gasteiger partial charge in [0.2, 0.25) is 0 Å². The topological polar surface area (TPSA) is 12.0 Å². The maximum atomic E-state index is 6.09. The van der Waals surface area contributed by atoms with Gasteiger partial charge in [-0.1, -0.05) is 49.7 Å². The minimum absolute atomic E-state index is 0.128. The van der Waals surface area contributed by atoms with Gasteiger partial charge in [0.1, 0.15) is 0 Å². The van der Waals surface area contributed by atoms with Crippen LogP contribution in [0.1, 0.15) is 25.0 Å². The molecule has 0 aromatic heterocycles. The quantitative estimate of drug-likeness (QED) is 0.707. The first kappa shape index (κ1) is 11.6. The summed E-state index contributed by atoms with van der Waals surface area (Å²) in [5.74, 6) is 0. The van der Waals surface area contributed by atoms with Crippen LogP contribution in [0.2, 0.25) is 5.02 Å². The number of hydrogen-bond acceptors (Lipinski definition) is 1. The minimum atomic E-state index is 0.128. The standard InChI is InChI=1S/C16H16ClN/c1-16(2)10-11-7-8-12(17)9-15(11)18-14-6-4-3-5-13(14)16/h3-9,18H,10H2,1-2H3. The highest BCUT2D eigenvalue weighted by Gasteiger charge is 2.28. The molecule has 1 N–H and O–H groups in total. The van der Waals surface area contributed by atoms with Crippen molar-refractivity contribution in [3.63, 3.8) is 0 Å². The van der Waals surface area contributed by atoms with Crippen molar-refractivity contribution in [1.29, 1.82) is 0 Å². The van der Waals surface area contributed by atoms with E-state index in [0.717, 1.165) is 17.1 Å². The van der Waals surface area contributed by atoms with Crippen molar-refractivity contribution in [2.24, 2.45) is 0 Å². The van der Waals surface area contributed by atoms with Crippen LogP contribution >= 0.6 is 11.6 Å². The van der Waals surface area contributed by atoms with Crippen molar-refractivity contribution in [3.8, 4) is 0 Å². The van der Waals surface area contributed by atoms with Crippen molar-refractivity contribution >= 4 is 23.0 Å². The van der Waals surface area contributed by atoms with Gasteiger partial charge in [-0.05, 0) is 41.2 Å². The van der Waals surface area contributed by atoms with Gasteiger partial charge >= 0.3 is 0 Å². The summed E-state index contributed by atoms with van der Waals surface area (Å²) >= 11 is 6.09. The van der Waals surface area contributed by atoms with Crippen molar-refractivity contribution < 1.29 is 0 Å². The van der Waals surface area contributed by atoms with Crippen LogP contribution in [-0.4, -0.2) is 0 Å². The Balaban J connectivity index is 2.20. The van der Waals surface area contributed by atoms with E-state index in [9.17, 15) is 0 Å². The zero-order valence-corrected chi connectivity index (χ0v) is 11.4. The van der Waals surface area contributed by atoms with E-state index in [1.165, 1.54) is 16.8 Å². The van der Waals surface area contributed by atoms with Gasteiger partial charge in [0, 0.05) is 16.4 Å². The molecule has 0 saturated carbocycles. The molecule has 0 fully saturated rings. The first-order chi connectivity index (χ1) is 8.56. The molecule has 0 unspecified atom stereocenters.